The maximum Gasteiger partial charge on any atom is 0.205 e. The zero-order valence-electron chi connectivity index (χ0n) is 7.59. The molecule has 1 heterocycles. The Balaban J connectivity index is 2.44. The molecular weight excluding hydrogens is 172 g/mol. The van der Waals surface area contributed by atoms with Crippen LogP contribution < -0.4 is 11.1 Å². The van der Waals surface area contributed by atoms with Crippen LogP contribution in [0, 0.1) is 6.92 Å². The summed E-state index contributed by atoms with van der Waals surface area (Å²) >= 11 is 1.54. The van der Waals surface area contributed by atoms with Crippen LogP contribution >= 0.6 is 11.3 Å². The summed E-state index contributed by atoms with van der Waals surface area (Å²) in [7, 11) is 0. The number of hydrogen-bond donors (Lipinski definition) is 2. The number of rotatable bonds is 3. The maximum absolute atomic E-state index is 5.78. The predicted molar refractivity (Wildman–Crippen MR) is 51.4 cm³/mol. The summed E-state index contributed by atoms with van der Waals surface area (Å²) < 4.78 is 0. The Bertz CT molecular complexity index is 250. The molecule has 0 bridgehead atoms. The van der Waals surface area contributed by atoms with Crippen molar-refractivity contribution in [3.05, 3.63) is 5.01 Å². The number of aromatic nitrogens is 2. The van der Waals surface area contributed by atoms with Gasteiger partial charge in [0.05, 0.1) is 0 Å². The lowest BCUT2D eigenvalue weighted by Gasteiger charge is -2.17. The molecule has 0 aromatic carbocycles. The minimum atomic E-state index is -0.209. The highest BCUT2D eigenvalue weighted by molar-refractivity contribution is 7.15. The summed E-state index contributed by atoms with van der Waals surface area (Å²) in [6.07, 6.45) is 0. The molecule has 0 aliphatic carbocycles. The molecule has 0 saturated carbocycles. The summed E-state index contributed by atoms with van der Waals surface area (Å²) in [5.74, 6) is 0. The van der Waals surface area contributed by atoms with Crippen molar-refractivity contribution in [3.8, 4) is 0 Å². The average molecular weight is 186 g/mol. The van der Waals surface area contributed by atoms with Gasteiger partial charge < -0.3 is 11.1 Å². The fourth-order valence-corrected chi connectivity index (χ4v) is 1.26. The smallest absolute Gasteiger partial charge is 0.205 e. The maximum atomic E-state index is 5.78. The van der Waals surface area contributed by atoms with Crippen LogP contribution in [0.15, 0.2) is 0 Å². The van der Waals surface area contributed by atoms with E-state index in [0.29, 0.717) is 6.54 Å². The van der Waals surface area contributed by atoms with Crippen molar-refractivity contribution in [1.82, 2.24) is 10.2 Å². The Labute approximate surface area is 76.2 Å². The lowest BCUT2D eigenvalue weighted by atomic mass is 10.1. The van der Waals surface area contributed by atoms with Gasteiger partial charge in [0.15, 0.2) is 0 Å². The molecule has 0 aliphatic heterocycles. The second-order valence-electron chi connectivity index (χ2n) is 3.47. The van der Waals surface area contributed by atoms with Gasteiger partial charge in [0.1, 0.15) is 5.01 Å². The molecule has 0 saturated heterocycles. The third-order valence-corrected chi connectivity index (χ3v) is 2.02. The highest BCUT2D eigenvalue weighted by Crippen LogP contribution is 2.13. The van der Waals surface area contributed by atoms with Crippen molar-refractivity contribution in [1.29, 1.82) is 0 Å². The first-order valence-electron chi connectivity index (χ1n) is 3.80. The number of nitrogens with one attached hydrogen (secondary N) is 1. The molecule has 0 radical (unpaired) electrons. The largest absolute Gasteiger partial charge is 0.358 e. The van der Waals surface area contributed by atoms with Gasteiger partial charge in [-0.1, -0.05) is 11.3 Å². The van der Waals surface area contributed by atoms with Crippen molar-refractivity contribution < 1.29 is 0 Å². The molecule has 0 atom stereocenters. The monoisotopic (exact) mass is 186 g/mol. The number of anilines is 1. The van der Waals surface area contributed by atoms with Gasteiger partial charge in [-0.25, -0.2) is 0 Å². The molecule has 1 aromatic heterocycles. The average Bonchev–Trinajstić information content (AvgIpc) is 2.30. The van der Waals surface area contributed by atoms with Gasteiger partial charge >= 0.3 is 0 Å². The Hall–Kier alpha value is -0.680. The molecular formula is C7H14N4S. The molecule has 0 fully saturated rings. The molecule has 0 spiro atoms. The van der Waals surface area contributed by atoms with Crippen molar-refractivity contribution >= 4 is 16.5 Å². The number of aryl methyl sites for hydroxylation is 1. The summed E-state index contributed by atoms with van der Waals surface area (Å²) in [5.41, 5.74) is 5.58. The van der Waals surface area contributed by atoms with Gasteiger partial charge in [-0.15, -0.1) is 10.2 Å². The Kier molecular flexibility index (Phi) is 2.64. The second kappa shape index (κ2) is 3.37. The second-order valence-corrected chi connectivity index (χ2v) is 4.65. The molecule has 1 rings (SSSR count). The van der Waals surface area contributed by atoms with E-state index in [9.17, 15) is 0 Å². The normalized spacial score (nSPS) is 11.7. The summed E-state index contributed by atoms with van der Waals surface area (Å²) in [6, 6.07) is 0. The van der Waals surface area contributed by atoms with E-state index in [-0.39, 0.29) is 5.54 Å². The molecule has 4 nitrogen and oxygen atoms in total. The van der Waals surface area contributed by atoms with Crippen LogP contribution in [0.4, 0.5) is 5.13 Å². The van der Waals surface area contributed by atoms with Crippen LogP contribution in [0.3, 0.4) is 0 Å². The van der Waals surface area contributed by atoms with Gasteiger partial charge in [0.2, 0.25) is 5.13 Å². The van der Waals surface area contributed by atoms with Gasteiger partial charge in [0.25, 0.3) is 0 Å². The fourth-order valence-electron chi connectivity index (χ4n) is 0.671. The Morgan fingerprint density at radius 1 is 1.50 bits per heavy atom. The van der Waals surface area contributed by atoms with E-state index >= 15 is 0 Å². The molecule has 3 N–H and O–H groups in total. The first-order chi connectivity index (χ1) is 5.47. The number of hydrogen-bond acceptors (Lipinski definition) is 5. The van der Waals surface area contributed by atoms with Crippen molar-refractivity contribution in [2.24, 2.45) is 5.73 Å². The van der Waals surface area contributed by atoms with Crippen molar-refractivity contribution in [2.45, 2.75) is 26.3 Å². The van der Waals surface area contributed by atoms with E-state index < -0.39 is 0 Å². The van der Waals surface area contributed by atoms with Crippen molar-refractivity contribution in [2.75, 3.05) is 11.9 Å². The van der Waals surface area contributed by atoms with Crippen LogP contribution in [0.25, 0.3) is 0 Å². The molecule has 1 aromatic rings. The third kappa shape index (κ3) is 3.15. The third-order valence-electron chi connectivity index (χ3n) is 1.22. The van der Waals surface area contributed by atoms with E-state index in [4.69, 9.17) is 5.73 Å². The lowest BCUT2D eigenvalue weighted by molar-refractivity contribution is 0.549. The van der Waals surface area contributed by atoms with Crippen LogP contribution in [0.2, 0.25) is 0 Å². The molecule has 0 unspecified atom stereocenters. The quantitative estimate of drug-likeness (QED) is 0.739. The minimum absolute atomic E-state index is 0.209. The van der Waals surface area contributed by atoms with Crippen LogP contribution in [-0.4, -0.2) is 22.3 Å². The van der Waals surface area contributed by atoms with Gasteiger partial charge in [-0.3, -0.25) is 0 Å². The van der Waals surface area contributed by atoms with Gasteiger partial charge in [-0.2, -0.15) is 0 Å². The number of nitrogens with two attached hydrogens (primary N) is 1. The molecule has 5 heteroatoms. The zero-order chi connectivity index (χ0) is 9.19. The summed E-state index contributed by atoms with van der Waals surface area (Å²) in [4.78, 5) is 0. The van der Waals surface area contributed by atoms with E-state index in [1.165, 1.54) is 11.3 Å². The van der Waals surface area contributed by atoms with E-state index in [2.05, 4.69) is 15.5 Å². The standard InChI is InChI=1S/C7H14N4S/c1-5-10-11-6(12-5)9-4-7(2,3)8/h4,8H2,1-3H3,(H,9,11). The number of nitrogens with zero attached hydrogens (tertiary/aromatic N) is 2. The van der Waals surface area contributed by atoms with Crippen LogP contribution in [-0.2, 0) is 0 Å². The van der Waals surface area contributed by atoms with E-state index in [0.717, 1.165) is 10.1 Å². The van der Waals surface area contributed by atoms with Crippen LogP contribution in [0.1, 0.15) is 18.9 Å². The topological polar surface area (TPSA) is 63.8 Å². The Morgan fingerprint density at radius 3 is 2.58 bits per heavy atom. The first-order valence-corrected chi connectivity index (χ1v) is 4.62. The van der Waals surface area contributed by atoms with Crippen LogP contribution in [0.5, 0.6) is 0 Å². The van der Waals surface area contributed by atoms with E-state index in [1.54, 1.807) is 0 Å². The highest BCUT2D eigenvalue weighted by atomic mass is 32.1. The van der Waals surface area contributed by atoms with Gasteiger partial charge in [-0.05, 0) is 20.8 Å². The zero-order valence-corrected chi connectivity index (χ0v) is 8.40. The fraction of sp³-hybridized carbons (Fsp3) is 0.714. The minimum Gasteiger partial charge on any atom is -0.358 e. The highest BCUT2D eigenvalue weighted by Gasteiger charge is 2.10. The Morgan fingerprint density at radius 2 is 2.17 bits per heavy atom. The summed E-state index contributed by atoms with van der Waals surface area (Å²) in [5, 5.41) is 12.7. The molecule has 0 aliphatic rings. The SMILES string of the molecule is Cc1nnc(NCC(C)(C)N)s1. The molecule has 12 heavy (non-hydrogen) atoms. The van der Waals surface area contributed by atoms with E-state index in [1.807, 2.05) is 20.8 Å². The first kappa shape index (κ1) is 9.41. The van der Waals surface area contributed by atoms with Crippen molar-refractivity contribution in [3.63, 3.8) is 0 Å². The lowest BCUT2D eigenvalue weighted by Crippen LogP contribution is -2.39. The molecule has 68 valence electrons. The summed E-state index contributed by atoms with van der Waals surface area (Å²) in [6.45, 7) is 6.57. The predicted octanol–water partition coefficient (Wildman–Crippen LogP) is 0.996. The molecule has 0 amide bonds. The van der Waals surface area contributed by atoms with Gasteiger partial charge in [0, 0.05) is 12.1 Å².